The Balaban J connectivity index is 2.24. The van der Waals surface area contributed by atoms with E-state index in [-0.39, 0.29) is 6.10 Å². The second-order valence-electron chi connectivity index (χ2n) is 10.0. The van der Waals surface area contributed by atoms with Crippen molar-refractivity contribution in [2.45, 2.75) is 141 Å². The fraction of sp³-hybridized carbons (Fsp3) is 0.963. The third-order valence-electron chi connectivity index (χ3n) is 7.16. The normalized spacial score (nSPS) is 21.2. The minimum Gasteiger partial charge on any atom is -0.396 e. The van der Waals surface area contributed by atoms with Crippen molar-refractivity contribution >= 4 is 17.5 Å². The Morgan fingerprint density at radius 3 is 2.06 bits per heavy atom. The van der Waals surface area contributed by atoms with Crippen molar-refractivity contribution in [3.8, 4) is 0 Å². The summed E-state index contributed by atoms with van der Waals surface area (Å²) < 4.78 is 0. The quantitative estimate of drug-likeness (QED) is 0.188. The molecule has 2 N–H and O–H groups in total. The van der Waals surface area contributed by atoms with Crippen LogP contribution in [0, 0.1) is 11.8 Å². The topological polar surface area (TPSA) is 57.5 Å². The van der Waals surface area contributed by atoms with Gasteiger partial charge in [-0.3, -0.25) is 0 Å². The zero-order valence-corrected chi connectivity index (χ0v) is 21.5. The summed E-state index contributed by atoms with van der Waals surface area (Å²) in [5, 5.41) is 20.0. The Morgan fingerprint density at radius 1 is 0.871 bits per heavy atom. The first-order valence-corrected chi connectivity index (χ1v) is 14.5. The molecule has 3 nitrogen and oxygen atoms in total. The third-order valence-corrected chi connectivity index (χ3v) is 8.61. The molecule has 0 radical (unpaired) electrons. The van der Waals surface area contributed by atoms with Crippen molar-refractivity contribution in [3.63, 3.8) is 0 Å². The van der Waals surface area contributed by atoms with Gasteiger partial charge in [-0.1, -0.05) is 84.0 Å². The number of rotatable bonds is 20. The maximum atomic E-state index is 11.5. The largest absolute Gasteiger partial charge is 0.396 e. The monoisotopic (exact) mass is 456 g/mol. The summed E-state index contributed by atoms with van der Waals surface area (Å²) in [5.41, 5.74) is 0. The number of thioether (sulfide) groups is 1. The number of Topliss-reactive ketones (excluding diaryl/α,β-unsaturated/α-hetero) is 1. The molecule has 0 heterocycles. The molecule has 1 rings (SSSR count). The van der Waals surface area contributed by atoms with Crippen molar-refractivity contribution in [3.05, 3.63) is 0 Å². The number of hydrogen-bond acceptors (Lipinski definition) is 4. The molecule has 0 amide bonds. The Morgan fingerprint density at radius 2 is 1.48 bits per heavy atom. The summed E-state index contributed by atoms with van der Waals surface area (Å²) in [6.07, 6.45) is 21.3. The van der Waals surface area contributed by atoms with E-state index in [1.165, 1.54) is 83.5 Å². The summed E-state index contributed by atoms with van der Waals surface area (Å²) in [5.74, 6) is 2.80. The minimum absolute atomic E-state index is 0.108. The van der Waals surface area contributed by atoms with E-state index in [0.29, 0.717) is 29.5 Å². The average molecular weight is 457 g/mol. The van der Waals surface area contributed by atoms with E-state index in [0.717, 1.165) is 37.9 Å². The molecule has 31 heavy (non-hydrogen) atoms. The highest BCUT2D eigenvalue weighted by atomic mass is 32.2. The van der Waals surface area contributed by atoms with Gasteiger partial charge in [0.2, 0.25) is 0 Å². The summed E-state index contributed by atoms with van der Waals surface area (Å²) in [7, 11) is 0. The van der Waals surface area contributed by atoms with Crippen LogP contribution in [0.2, 0.25) is 0 Å². The van der Waals surface area contributed by atoms with Gasteiger partial charge in [0, 0.05) is 18.3 Å². The Hall–Kier alpha value is -0.0600. The van der Waals surface area contributed by atoms with E-state index in [2.05, 4.69) is 6.92 Å². The van der Waals surface area contributed by atoms with Crippen molar-refractivity contribution < 1.29 is 15.0 Å². The minimum atomic E-state index is -0.108. The van der Waals surface area contributed by atoms with Gasteiger partial charge >= 0.3 is 0 Å². The summed E-state index contributed by atoms with van der Waals surface area (Å²) in [6.45, 7) is 4.30. The lowest BCUT2D eigenvalue weighted by Crippen LogP contribution is -2.27. The smallest absolute Gasteiger partial charge is 0.129 e. The first-order chi connectivity index (χ1) is 15.1. The predicted octanol–water partition coefficient (Wildman–Crippen LogP) is 7.32. The molecule has 0 aliphatic heterocycles. The van der Waals surface area contributed by atoms with E-state index >= 15 is 0 Å². The molecule has 0 bridgehead atoms. The van der Waals surface area contributed by atoms with E-state index in [1.54, 1.807) is 6.92 Å². The Kier molecular flexibility index (Phi) is 18.1. The molecular formula is C27H52O3S. The van der Waals surface area contributed by atoms with Gasteiger partial charge in [-0.25, -0.2) is 0 Å². The van der Waals surface area contributed by atoms with Crippen LogP contribution in [0.25, 0.3) is 0 Å². The van der Waals surface area contributed by atoms with Crippen molar-refractivity contribution in [1.82, 2.24) is 0 Å². The summed E-state index contributed by atoms with van der Waals surface area (Å²) in [4.78, 5) is 11.5. The van der Waals surface area contributed by atoms with Crippen LogP contribution in [-0.2, 0) is 4.79 Å². The van der Waals surface area contributed by atoms with Gasteiger partial charge in [-0.2, -0.15) is 11.8 Å². The molecular weight excluding hydrogens is 404 g/mol. The lowest BCUT2D eigenvalue weighted by Gasteiger charge is -2.27. The summed E-state index contributed by atoms with van der Waals surface area (Å²) in [6, 6.07) is 0. The number of carbonyl (C=O) groups excluding carboxylic acids is 1. The van der Waals surface area contributed by atoms with Gasteiger partial charge in [0.1, 0.15) is 5.78 Å². The Bertz CT molecular complexity index is 429. The van der Waals surface area contributed by atoms with Crippen LogP contribution in [0.4, 0.5) is 0 Å². The van der Waals surface area contributed by atoms with Gasteiger partial charge in [0.25, 0.3) is 0 Å². The zero-order valence-electron chi connectivity index (χ0n) is 20.7. The lowest BCUT2D eigenvalue weighted by molar-refractivity contribution is -0.117. The highest BCUT2D eigenvalue weighted by Crippen LogP contribution is 2.31. The van der Waals surface area contributed by atoms with Crippen LogP contribution in [0.3, 0.4) is 0 Å². The lowest BCUT2D eigenvalue weighted by atomic mass is 9.90. The first-order valence-electron chi connectivity index (χ1n) is 13.5. The fourth-order valence-electron chi connectivity index (χ4n) is 5.02. The number of aliphatic hydroxyl groups is 2. The van der Waals surface area contributed by atoms with Gasteiger partial charge in [-0.05, 0) is 56.6 Å². The molecule has 0 spiro atoms. The van der Waals surface area contributed by atoms with Crippen molar-refractivity contribution in [2.75, 3.05) is 12.4 Å². The van der Waals surface area contributed by atoms with E-state index in [9.17, 15) is 15.0 Å². The average Bonchev–Trinajstić information content (AvgIpc) is 2.75. The molecule has 0 aromatic rings. The molecule has 1 aliphatic carbocycles. The fourth-order valence-corrected chi connectivity index (χ4v) is 6.48. The molecule has 2 unspecified atom stereocenters. The van der Waals surface area contributed by atoms with E-state index < -0.39 is 0 Å². The molecule has 1 fully saturated rings. The second kappa shape index (κ2) is 19.4. The Labute approximate surface area is 197 Å². The molecule has 1 aliphatic rings. The van der Waals surface area contributed by atoms with Crippen LogP contribution in [0.15, 0.2) is 0 Å². The maximum absolute atomic E-state index is 11.5. The standard InChI is InChI=1S/C27H52O3S/c1-3-4-5-7-12-24(19-21-28)13-8-6-9-14-25(18-17-23(2)29)20-22-31-27-16-11-10-15-26(27)30/h24-28,30H,3-22H2,1-2H3/t24?,25?,26-,27-/m1/s1. The number of ketones is 1. The van der Waals surface area contributed by atoms with Crippen LogP contribution in [0.1, 0.15) is 129 Å². The molecule has 184 valence electrons. The molecule has 0 saturated heterocycles. The number of carbonyl (C=O) groups is 1. The highest BCUT2D eigenvalue weighted by molar-refractivity contribution is 7.99. The summed E-state index contributed by atoms with van der Waals surface area (Å²) >= 11 is 1.97. The second-order valence-corrected chi connectivity index (χ2v) is 11.4. The third kappa shape index (κ3) is 15.4. The SMILES string of the molecule is CCCCCCC(CCO)CCCCCC(CCS[C@@H]1CCCC[C@H]1O)CCC(C)=O. The highest BCUT2D eigenvalue weighted by Gasteiger charge is 2.23. The first kappa shape index (κ1) is 29.0. The zero-order chi connectivity index (χ0) is 22.7. The molecule has 0 aromatic heterocycles. The van der Waals surface area contributed by atoms with Crippen LogP contribution in [0.5, 0.6) is 0 Å². The van der Waals surface area contributed by atoms with Gasteiger partial charge in [0.05, 0.1) is 6.10 Å². The van der Waals surface area contributed by atoms with E-state index in [4.69, 9.17) is 0 Å². The van der Waals surface area contributed by atoms with Crippen LogP contribution in [-0.4, -0.2) is 39.7 Å². The van der Waals surface area contributed by atoms with Crippen molar-refractivity contribution in [2.24, 2.45) is 11.8 Å². The molecule has 4 heteroatoms. The molecule has 4 atom stereocenters. The van der Waals surface area contributed by atoms with Gasteiger partial charge < -0.3 is 15.0 Å². The van der Waals surface area contributed by atoms with E-state index in [1.807, 2.05) is 11.8 Å². The van der Waals surface area contributed by atoms with Gasteiger partial charge in [0.15, 0.2) is 0 Å². The number of hydrogen-bond donors (Lipinski definition) is 2. The predicted molar refractivity (Wildman–Crippen MR) is 136 cm³/mol. The van der Waals surface area contributed by atoms with Crippen LogP contribution >= 0.6 is 11.8 Å². The maximum Gasteiger partial charge on any atom is 0.129 e. The molecule has 1 saturated carbocycles. The number of aliphatic hydroxyl groups excluding tert-OH is 2. The van der Waals surface area contributed by atoms with Crippen LogP contribution < -0.4 is 0 Å². The van der Waals surface area contributed by atoms with Gasteiger partial charge in [-0.15, -0.1) is 0 Å². The van der Waals surface area contributed by atoms with Crippen molar-refractivity contribution in [1.29, 1.82) is 0 Å². The molecule has 0 aromatic carbocycles. The number of unbranched alkanes of at least 4 members (excludes halogenated alkanes) is 5.